The fourth-order valence-corrected chi connectivity index (χ4v) is 3.92. The highest BCUT2D eigenvalue weighted by Gasteiger charge is 2.29. The lowest BCUT2D eigenvalue weighted by atomic mass is 10.2. The topological polar surface area (TPSA) is 63.6 Å². The molecule has 0 saturated carbocycles. The molecule has 108 valence electrons. The lowest BCUT2D eigenvalue weighted by Crippen LogP contribution is -2.12. The van der Waals surface area contributed by atoms with Crippen molar-refractivity contribution in [2.24, 2.45) is 4.99 Å². The van der Waals surface area contributed by atoms with E-state index in [0.717, 1.165) is 9.13 Å². The van der Waals surface area contributed by atoms with Crippen molar-refractivity contribution in [2.75, 3.05) is 0 Å². The predicted octanol–water partition coefficient (Wildman–Crippen LogP) is 3.41. The average Bonchev–Trinajstić information content (AvgIpc) is 2.45. The summed E-state index contributed by atoms with van der Waals surface area (Å²) in [5.41, 5.74) is 1.41. The molecule has 0 spiro atoms. The van der Waals surface area contributed by atoms with E-state index < -0.39 is 15.2 Å². The summed E-state index contributed by atoms with van der Waals surface area (Å²) in [6.45, 7) is 1.87. The number of aryl methyl sites for hydroxylation is 1. The van der Waals surface area contributed by atoms with E-state index in [1.165, 1.54) is 18.2 Å². The minimum absolute atomic E-state index is 0.135. The predicted molar refractivity (Wildman–Crippen MR) is 88.4 cm³/mol. The van der Waals surface area contributed by atoms with Gasteiger partial charge in [0.2, 0.25) is 15.9 Å². The number of halogens is 1. The van der Waals surface area contributed by atoms with E-state index in [9.17, 15) is 13.2 Å². The summed E-state index contributed by atoms with van der Waals surface area (Å²) >= 11 is 2.08. The van der Waals surface area contributed by atoms with Crippen molar-refractivity contribution < 1.29 is 13.2 Å². The molecule has 4 nitrogen and oxygen atoms in total. The summed E-state index contributed by atoms with van der Waals surface area (Å²) in [5, 5.41) is -1.27. The molecule has 0 amide bonds. The van der Waals surface area contributed by atoms with Crippen molar-refractivity contribution >= 4 is 38.5 Å². The molecule has 0 radical (unpaired) electrons. The highest BCUT2D eigenvalue weighted by Crippen LogP contribution is 2.30. The molecule has 2 aromatic rings. The number of hydrogen-bond acceptors (Lipinski definition) is 4. The van der Waals surface area contributed by atoms with Crippen LogP contribution in [0.4, 0.5) is 0 Å². The summed E-state index contributed by atoms with van der Waals surface area (Å²) in [4.78, 5) is 14.3. The van der Waals surface area contributed by atoms with E-state index in [0.29, 0.717) is 5.56 Å². The molecule has 0 aliphatic carbocycles. The molecule has 1 unspecified atom stereocenters. The maximum absolute atomic E-state index is 12.7. The number of aliphatic imine (C=N–C) groups is 1. The Morgan fingerprint density at radius 2 is 1.81 bits per heavy atom. The van der Waals surface area contributed by atoms with Gasteiger partial charge in [-0.25, -0.2) is 13.2 Å². The van der Waals surface area contributed by atoms with Crippen LogP contribution in [0, 0.1) is 10.5 Å². The van der Waals surface area contributed by atoms with E-state index in [2.05, 4.69) is 27.6 Å². The van der Waals surface area contributed by atoms with Crippen molar-refractivity contribution in [1.29, 1.82) is 0 Å². The molecule has 0 aromatic heterocycles. The molecule has 0 aliphatic rings. The van der Waals surface area contributed by atoms with Crippen LogP contribution in [0.5, 0.6) is 0 Å². The Labute approximate surface area is 137 Å². The quantitative estimate of drug-likeness (QED) is 0.439. The molecule has 2 aromatic carbocycles. The number of hydrogen-bond donors (Lipinski definition) is 0. The van der Waals surface area contributed by atoms with Crippen LogP contribution in [-0.2, 0) is 14.6 Å². The monoisotopic (exact) mass is 413 g/mol. The average molecular weight is 413 g/mol. The fourth-order valence-electron chi connectivity index (χ4n) is 1.89. The second kappa shape index (κ2) is 6.51. The first-order chi connectivity index (χ1) is 9.95. The number of rotatable bonds is 4. The fraction of sp³-hybridized carbons (Fsp3) is 0.133. The smallest absolute Gasteiger partial charge is 0.221 e. The summed E-state index contributed by atoms with van der Waals surface area (Å²) in [5.74, 6) is 0. The Bertz CT molecular complexity index is 794. The summed E-state index contributed by atoms with van der Waals surface area (Å²) < 4.78 is 26.2. The van der Waals surface area contributed by atoms with Gasteiger partial charge in [0.25, 0.3) is 0 Å². The van der Waals surface area contributed by atoms with Gasteiger partial charge in [-0.3, -0.25) is 0 Å². The van der Waals surface area contributed by atoms with Crippen LogP contribution in [0.15, 0.2) is 58.4 Å². The third-order valence-corrected chi connectivity index (χ3v) is 5.51. The lowest BCUT2D eigenvalue weighted by molar-refractivity contribution is 0.557. The van der Waals surface area contributed by atoms with Crippen LogP contribution in [0.25, 0.3) is 0 Å². The summed E-state index contributed by atoms with van der Waals surface area (Å²) in [6, 6.07) is 13.4. The van der Waals surface area contributed by atoms with Crippen LogP contribution in [0.3, 0.4) is 0 Å². The normalized spacial score (nSPS) is 12.5. The number of benzene rings is 2. The van der Waals surface area contributed by atoms with Crippen molar-refractivity contribution in [3.05, 3.63) is 63.2 Å². The van der Waals surface area contributed by atoms with Crippen molar-refractivity contribution in [3.63, 3.8) is 0 Å². The first kappa shape index (κ1) is 15.9. The van der Waals surface area contributed by atoms with Crippen molar-refractivity contribution in [3.8, 4) is 0 Å². The van der Waals surface area contributed by atoms with Gasteiger partial charge in [0.1, 0.15) is 0 Å². The molecule has 0 bridgehead atoms. The van der Waals surface area contributed by atoms with Crippen LogP contribution in [0.1, 0.15) is 16.5 Å². The minimum atomic E-state index is -3.78. The van der Waals surface area contributed by atoms with Crippen LogP contribution < -0.4 is 0 Å². The second-order valence-corrected chi connectivity index (χ2v) is 7.74. The number of nitrogens with zero attached hydrogens (tertiary/aromatic N) is 1. The molecule has 0 N–H and O–H groups in total. The highest BCUT2D eigenvalue weighted by atomic mass is 127. The minimum Gasteiger partial charge on any atom is -0.221 e. The van der Waals surface area contributed by atoms with Gasteiger partial charge in [0.05, 0.1) is 4.90 Å². The molecule has 21 heavy (non-hydrogen) atoms. The Morgan fingerprint density at radius 1 is 1.14 bits per heavy atom. The van der Waals surface area contributed by atoms with E-state index in [4.69, 9.17) is 0 Å². The maximum atomic E-state index is 12.7. The molecular formula is C15H12INO3S. The third kappa shape index (κ3) is 3.58. The van der Waals surface area contributed by atoms with Gasteiger partial charge in [-0.15, -0.1) is 0 Å². The van der Waals surface area contributed by atoms with Gasteiger partial charge in [-0.05, 0) is 59.3 Å². The molecule has 0 aliphatic heterocycles. The number of sulfone groups is 1. The second-order valence-electron chi connectivity index (χ2n) is 4.49. The van der Waals surface area contributed by atoms with E-state index in [-0.39, 0.29) is 4.90 Å². The first-order valence-electron chi connectivity index (χ1n) is 6.08. The Hall–Kier alpha value is -1.50. The van der Waals surface area contributed by atoms with Crippen LogP contribution in [0.2, 0.25) is 0 Å². The molecule has 0 fully saturated rings. The zero-order valence-corrected chi connectivity index (χ0v) is 14.1. The largest absolute Gasteiger partial charge is 0.236 e. The van der Waals surface area contributed by atoms with Crippen molar-refractivity contribution in [2.45, 2.75) is 17.2 Å². The standard InChI is InChI=1S/C15H12INO3S/c1-11-5-7-14(8-6-11)21(19,20)15(17-10-18)12-3-2-4-13(16)9-12/h2-9,15H,1H3. The molecule has 0 saturated heterocycles. The van der Waals surface area contributed by atoms with Gasteiger partial charge in [-0.2, -0.15) is 4.99 Å². The molecular weight excluding hydrogens is 401 g/mol. The Morgan fingerprint density at radius 3 is 2.38 bits per heavy atom. The molecule has 1 atom stereocenters. The molecule has 2 rings (SSSR count). The van der Waals surface area contributed by atoms with Crippen LogP contribution >= 0.6 is 22.6 Å². The van der Waals surface area contributed by atoms with Gasteiger partial charge < -0.3 is 0 Å². The highest BCUT2D eigenvalue weighted by molar-refractivity contribution is 14.1. The van der Waals surface area contributed by atoms with Crippen molar-refractivity contribution in [1.82, 2.24) is 0 Å². The van der Waals surface area contributed by atoms with Crippen LogP contribution in [-0.4, -0.2) is 14.5 Å². The summed E-state index contributed by atoms with van der Waals surface area (Å²) in [7, 11) is -3.78. The van der Waals surface area contributed by atoms with Gasteiger partial charge in [0.15, 0.2) is 5.37 Å². The van der Waals surface area contributed by atoms with Gasteiger partial charge >= 0.3 is 0 Å². The number of carbonyl (C=O) groups excluding carboxylic acids is 1. The zero-order chi connectivity index (χ0) is 15.5. The Kier molecular flexibility index (Phi) is 4.92. The van der Waals surface area contributed by atoms with E-state index >= 15 is 0 Å². The molecule has 6 heteroatoms. The zero-order valence-electron chi connectivity index (χ0n) is 11.2. The SMILES string of the molecule is Cc1ccc(S(=O)(=O)C(N=C=O)c2cccc(I)c2)cc1. The lowest BCUT2D eigenvalue weighted by Gasteiger charge is -2.13. The Balaban J connectivity index is 2.56. The molecule has 0 heterocycles. The van der Waals surface area contributed by atoms with E-state index in [1.807, 2.05) is 13.0 Å². The summed E-state index contributed by atoms with van der Waals surface area (Å²) in [6.07, 6.45) is 1.37. The number of isocyanates is 1. The van der Waals surface area contributed by atoms with Gasteiger partial charge in [0, 0.05) is 3.57 Å². The first-order valence-corrected chi connectivity index (χ1v) is 8.70. The maximum Gasteiger partial charge on any atom is 0.236 e. The third-order valence-electron chi connectivity index (χ3n) is 2.95. The van der Waals surface area contributed by atoms with Gasteiger partial charge in [-0.1, -0.05) is 29.8 Å². The van der Waals surface area contributed by atoms with E-state index in [1.54, 1.807) is 30.3 Å².